The highest BCUT2D eigenvalue weighted by Crippen LogP contribution is 2.56. The summed E-state index contributed by atoms with van der Waals surface area (Å²) in [5.74, 6) is 0. The number of nitrogens with zero attached hydrogens (tertiary/aromatic N) is 1. The summed E-state index contributed by atoms with van der Waals surface area (Å²) >= 11 is 0. The molecule has 0 radical (unpaired) electrons. The summed E-state index contributed by atoms with van der Waals surface area (Å²) in [5, 5.41) is 0. The second kappa shape index (κ2) is 12.2. The predicted octanol–water partition coefficient (Wildman–Crippen LogP) is 12.6. The predicted molar refractivity (Wildman–Crippen MR) is 210 cm³/mol. The maximum absolute atomic E-state index is 4.64. The van der Waals surface area contributed by atoms with Crippen LogP contribution in [0.2, 0.25) is 0 Å². The van der Waals surface area contributed by atoms with Crippen molar-refractivity contribution < 1.29 is 0 Å². The lowest BCUT2D eigenvalue weighted by Gasteiger charge is -2.36. The lowest BCUT2D eigenvalue weighted by molar-refractivity contribution is 0.791. The quantitative estimate of drug-likeness (QED) is 0.182. The Labute approximate surface area is 294 Å². The Kier molecular flexibility index (Phi) is 7.25. The molecule has 7 aromatic rings. The van der Waals surface area contributed by atoms with Crippen LogP contribution in [0.4, 0.5) is 11.4 Å². The van der Waals surface area contributed by atoms with Gasteiger partial charge < -0.3 is 4.90 Å². The highest BCUT2D eigenvalue weighted by Gasteiger charge is 2.45. The minimum Gasteiger partial charge on any atom is -0.311 e. The Morgan fingerprint density at radius 2 is 0.800 bits per heavy atom. The van der Waals surface area contributed by atoms with Crippen molar-refractivity contribution in [3.8, 4) is 33.4 Å². The highest BCUT2D eigenvalue weighted by atomic mass is 15.1. The van der Waals surface area contributed by atoms with Crippen molar-refractivity contribution in [1.82, 2.24) is 0 Å². The lowest BCUT2D eigenvalue weighted by Crippen LogP contribution is -2.29. The van der Waals surface area contributed by atoms with Gasteiger partial charge in [0.05, 0.1) is 5.41 Å². The molecule has 0 fully saturated rings. The number of hydrogen-bond acceptors (Lipinski definition) is 1. The largest absolute Gasteiger partial charge is 0.311 e. The third-order valence-corrected chi connectivity index (χ3v) is 10.2. The molecule has 0 aromatic heterocycles. The molecule has 0 bridgehead atoms. The zero-order chi connectivity index (χ0) is 33.5. The molecule has 7 aromatic carbocycles. The summed E-state index contributed by atoms with van der Waals surface area (Å²) in [4.78, 5) is 2.42. The smallest absolute Gasteiger partial charge is 0.0673 e. The van der Waals surface area contributed by atoms with E-state index in [1.54, 1.807) is 0 Å². The van der Waals surface area contributed by atoms with E-state index in [2.05, 4.69) is 212 Å². The van der Waals surface area contributed by atoms with E-state index in [1.807, 2.05) is 0 Å². The number of hydrogen-bond donors (Lipinski definition) is 0. The maximum atomic E-state index is 4.64. The first kappa shape index (κ1) is 29.7. The monoisotopic (exact) mass is 637 g/mol. The van der Waals surface area contributed by atoms with Crippen molar-refractivity contribution in [3.63, 3.8) is 0 Å². The maximum Gasteiger partial charge on any atom is 0.0673 e. The molecule has 0 atom stereocenters. The van der Waals surface area contributed by atoms with Crippen LogP contribution in [-0.2, 0) is 5.41 Å². The first-order valence-corrected chi connectivity index (χ1v) is 17.2. The fourth-order valence-electron chi connectivity index (χ4n) is 7.94. The summed E-state index contributed by atoms with van der Waals surface area (Å²) in [7, 11) is 0. The van der Waals surface area contributed by atoms with Gasteiger partial charge in [-0.1, -0.05) is 170 Å². The van der Waals surface area contributed by atoms with Crippen molar-refractivity contribution >= 4 is 16.9 Å². The number of fused-ring (bicyclic) bond motifs is 7. The van der Waals surface area contributed by atoms with E-state index in [1.165, 1.54) is 50.1 Å². The second-order valence-electron chi connectivity index (χ2n) is 13.0. The molecule has 1 heteroatoms. The van der Waals surface area contributed by atoms with E-state index in [4.69, 9.17) is 0 Å². The zero-order valence-corrected chi connectivity index (χ0v) is 27.7. The van der Waals surface area contributed by atoms with E-state index in [9.17, 15) is 0 Å². The average molecular weight is 638 g/mol. The average Bonchev–Trinajstić information content (AvgIpc) is 3.47. The first-order chi connectivity index (χ1) is 24.7. The van der Waals surface area contributed by atoms with Gasteiger partial charge in [0.15, 0.2) is 0 Å². The molecule has 0 aliphatic heterocycles. The van der Waals surface area contributed by atoms with Crippen LogP contribution < -0.4 is 4.90 Å². The molecular weight excluding hydrogens is 603 g/mol. The molecule has 1 spiro atoms. The van der Waals surface area contributed by atoms with Crippen molar-refractivity contribution in [1.29, 1.82) is 0 Å². The van der Waals surface area contributed by atoms with Gasteiger partial charge in [-0.15, -0.1) is 0 Å². The van der Waals surface area contributed by atoms with Crippen LogP contribution >= 0.6 is 0 Å². The van der Waals surface area contributed by atoms with E-state index in [0.717, 1.165) is 28.2 Å². The number of benzene rings is 7. The van der Waals surface area contributed by atoms with Crippen LogP contribution in [0.1, 0.15) is 22.3 Å². The molecular formula is C49H35N. The third-order valence-electron chi connectivity index (χ3n) is 10.2. The minimum atomic E-state index is -0.556. The summed E-state index contributed by atoms with van der Waals surface area (Å²) in [6.45, 7) is 4.64. The third kappa shape index (κ3) is 4.86. The Morgan fingerprint density at radius 3 is 1.32 bits per heavy atom. The Balaban J connectivity index is 1.35. The Bertz CT molecular complexity index is 2320. The topological polar surface area (TPSA) is 3.24 Å². The molecule has 0 N–H and O–H groups in total. The van der Waals surface area contributed by atoms with Crippen LogP contribution in [0.3, 0.4) is 0 Å². The Morgan fingerprint density at radius 1 is 0.380 bits per heavy atom. The van der Waals surface area contributed by atoms with E-state index < -0.39 is 5.41 Å². The molecule has 236 valence electrons. The first-order valence-electron chi connectivity index (χ1n) is 17.2. The van der Waals surface area contributed by atoms with Gasteiger partial charge in [0, 0.05) is 17.1 Å². The number of rotatable bonds is 5. The molecule has 2 aliphatic carbocycles. The van der Waals surface area contributed by atoms with Crippen molar-refractivity contribution in [3.05, 3.63) is 235 Å². The lowest BCUT2D eigenvalue weighted by atomic mass is 9.69. The van der Waals surface area contributed by atoms with Gasteiger partial charge in [-0.2, -0.15) is 0 Å². The van der Waals surface area contributed by atoms with Crippen LogP contribution in [-0.4, -0.2) is 0 Å². The molecule has 0 unspecified atom stereocenters. The second-order valence-corrected chi connectivity index (χ2v) is 13.0. The highest BCUT2D eigenvalue weighted by molar-refractivity contribution is 5.90. The fraction of sp³-hybridized carbons (Fsp3) is 0.0204. The summed E-state index contributed by atoms with van der Waals surface area (Å²) in [6.07, 6.45) is 6.94. The molecule has 9 rings (SSSR count). The van der Waals surface area contributed by atoms with E-state index >= 15 is 0 Å². The van der Waals surface area contributed by atoms with Crippen molar-refractivity contribution in [2.24, 2.45) is 0 Å². The summed E-state index contributed by atoms with van der Waals surface area (Å²) in [5.41, 5.74) is 15.9. The molecule has 0 amide bonds. The van der Waals surface area contributed by atoms with E-state index in [-0.39, 0.29) is 0 Å². The molecule has 50 heavy (non-hydrogen) atoms. The zero-order valence-electron chi connectivity index (χ0n) is 27.7. The van der Waals surface area contributed by atoms with Crippen molar-refractivity contribution in [2.45, 2.75) is 5.41 Å². The minimum absolute atomic E-state index is 0.556. The standard InChI is InChI=1S/C49H35N/c1-35-30-31-42(34-49(46-27-11-8-24-43(35)46)47-28-12-9-25-44(47)45-26-10-13-29-48(45)49)50(40-22-14-20-38(32-40)36-16-4-2-5-17-36)41-23-15-21-39(33-41)37-18-6-3-7-19-37/h2-34H,1H2/b31-30-,42-34+. The van der Waals surface area contributed by atoms with Crippen LogP contribution in [0.25, 0.3) is 39.0 Å². The van der Waals surface area contributed by atoms with Gasteiger partial charge in [-0.25, -0.2) is 0 Å². The molecule has 2 aliphatic rings. The van der Waals surface area contributed by atoms with Gasteiger partial charge in [-0.3, -0.25) is 0 Å². The SMILES string of the molecule is C=C1/C=C\C(N(c2cccc(-c3ccccc3)c2)c2cccc(-c3ccccc3)c2)=C/C2(c3ccccc31)c1ccccc1-c1ccccc12. The van der Waals surface area contributed by atoms with Gasteiger partial charge >= 0.3 is 0 Å². The molecule has 0 saturated heterocycles. The summed E-state index contributed by atoms with van der Waals surface area (Å²) < 4.78 is 0. The summed E-state index contributed by atoms with van der Waals surface area (Å²) in [6, 6.07) is 65.7. The van der Waals surface area contributed by atoms with E-state index in [0.29, 0.717) is 0 Å². The van der Waals surface area contributed by atoms with Crippen molar-refractivity contribution in [2.75, 3.05) is 4.90 Å². The van der Waals surface area contributed by atoms with Crippen LogP contribution in [0.15, 0.2) is 212 Å². The molecule has 0 heterocycles. The molecule has 1 nitrogen and oxygen atoms in total. The van der Waals surface area contributed by atoms with Gasteiger partial charge in [0.25, 0.3) is 0 Å². The number of allylic oxidation sites excluding steroid dienone is 4. The number of anilines is 2. The van der Waals surface area contributed by atoms with Crippen LogP contribution in [0, 0.1) is 0 Å². The van der Waals surface area contributed by atoms with Gasteiger partial charge in [-0.05, 0) is 97.6 Å². The molecule has 0 saturated carbocycles. The fourth-order valence-corrected chi connectivity index (χ4v) is 7.94. The Hall–Kier alpha value is -6.44. The van der Waals surface area contributed by atoms with Gasteiger partial charge in [0.2, 0.25) is 0 Å². The van der Waals surface area contributed by atoms with Gasteiger partial charge in [0.1, 0.15) is 0 Å². The van der Waals surface area contributed by atoms with Crippen LogP contribution in [0.5, 0.6) is 0 Å². The normalized spacial score (nSPS) is 15.5.